The van der Waals surface area contributed by atoms with Crippen molar-refractivity contribution in [1.82, 2.24) is 5.32 Å². The van der Waals surface area contributed by atoms with Gasteiger partial charge in [0.05, 0.1) is 13.2 Å². The number of rotatable bonds is 8. The Bertz CT molecular complexity index is 1120. The predicted octanol–water partition coefficient (Wildman–Crippen LogP) is -1.82. The van der Waals surface area contributed by atoms with Gasteiger partial charge in [-0.05, 0) is 35.9 Å². The van der Waals surface area contributed by atoms with Gasteiger partial charge in [0, 0.05) is 12.6 Å². The molecule has 2 heterocycles. The van der Waals surface area contributed by atoms with Gasteiger partial charge in [0.1, 0.15) is 66.4 Å². The Morgan fingerprint density at radius 1 is 0.821 bits per heavy atom. The third-order valence-corrected chi connectivity index (χ3v) is 6.75. The predicted molar refractivity (Wildman–Crippen MR) is 132 cm³/mol. The van der Waals surface area contributed by atoms with E-state index < -0.39 is 74.4 Å². The highest BCUT2D eigenvalue weighted by Gasteiger charge is 2.50. The van der Waals surface area contributed by atoms with Crippen molar-refractivity contribution in [3.8, 4) is 11.5 Å². The maximum atomic E-state index is 11.9. The Kier molecular flexibility index (Phi) is 9.51. The van der Waals surface area contributed by atoms with Gasteiger partial charge >= 0.3 is 0 Å². The van der Waals surface area contributed by atoms with Crippen LogP contribution in [0.25, 0.3) is 0 Å². The van der Waals surface area contributed by atoms with Gasteiger partial charge in [0.15, 0.2) is 6.29 Å². The summed E-state index contributed by atoms with van der Waals surface area (Å²) >= 11 is 0. The molecular weight excluding hydrogens is 518 g/mol. The van der Waals surface area contributed by atoms with Crippen molar-refractivity contribution >= 4 is 5.91 Å². The molecule has 10 unspecified atom stereocenters. The van der Waals surface area contributed by atoms with Crippen molar-refractivity contribution in [2.75, 3.05) is 20.3 Å². The fraction of sp³-hybridized carbons (Fsp3) is 0.500. The summed E-state index contributed by atoms with van der Waals surface area (Å²) in [5.74, 6) is 0.438. The van der Waals surface area contributed by atoms with E-state index in [-0.39, 0.29) is 5.91 Å². The van der Waals surface area contributed by atoms with Gasteiger partial charge in [-0.1, -0.05) is 18.2 Å². The van der Waals surface area contributed by atoms with E-state index in [1.807, 2.05) is 0 Å². The Hall–Kier alpha value is -2.69. The van der Waals surface area contributed by atoms with Crippen LogP contribution in [0.3, 0.4) is 0 Å². The lowest BCUT2D eigenvalue weighted by atomic mass is 9.90. The molecule has 4 rings (SSSR count). The second kappa shape index (κ2) is 12.7. The second-order valence-electron chi connectivity index (χ2n) is 9.34. The van der Waals surface area contributed by atoms with E-state index in [0.717, 1.165) is 0 Å². The standard InChI is InChI=1S/C26H33NO12/c1-27-25(35)13-5-3-7-15(9-13)36-14-6-2-4-12(8-14)23-22(34)24(19(31)17(11-29)37-23)39-26-21(33)20(32)18(30)16(10-28)38-26/h2-9,16-24,26,28-34H,10-11H2,1H3,(H,27,35). The van der Waals surface area contributed by atoms with Crippen LogP contribution in [-0.2, 0) is 14.2 Å². The molecule has 1 amide bonds. The van der Waals surface area contributed by atoms with Gasteiger partial charge in [-0.25, -0.2) is 0 Å². The first kappa shape index (κ1) is 29.3. The van der Waals surface area contributed by atoms with E-state index in [0.29, 0.717) is 22.6 Å². The quantitative estimate of drug-likeness (QED) is 0.182. The van der Waals surface area contributed by atoms with Gasteiger partial charge in [-0.3, -0.25) is 4.79 Å². The number of carbonyl (C=O) groups excluding carboxylic acids is 1. The highest BCUT2D eigenvalue weighted by molar-refractivity contribution is 5.94. The SMILES string of the molecule is CNC(=O)c1cccc(Oc2cccc(C3OC(CO)C(O)C(OC4OC(CO)C(O)C(O)C4O)C3O)c2)c1. The second-order valence-corrected chi connectivity index (χ2v) is 9.34. The molecule has 2 aliphatic heterocycles. The smallest absolute Gasteiger partial charge is 0.251 e. The van der Waals surface area contributed by atoms with Crippen molar-refractivity contribution in [1.29, 1.82) is 0 Å². The van der Waals surface area contributed by atoms with Gasteiger partial charge in [0.2, 0.25) is 0 Å². The first-order valence-electron chi connectivity index (χ1n) is 12.4. The van der Waals surface area contributed by atoms with E-state index >= 15 is 0 Å². The number of aliphatic hydroxyl groups excluding tert-OH is 7. The van der Waals surface area contributed by atoms with Crippen molar-refractivity contribution in [2.24, 2.45) is 0 Å². The number of nitrogens with one attached hydrogen (secondary N) is 1. The number of hydrogen-bond donors (Lipinski definition) is 8. The summed E-state index contributed by atoms with van der Waals surface area (Å²) in [7, 11) is 1.51. The minimum Gasteiger partial charge on any atom is -0.457 e. The molecule has 2 fully saturated rings. The lowest BCUT2D eigenvalue weighted by Crippen LogP contribution is -2.63. The molecule has 0 radical (unpaired) electrons. The summed E-state index contributed by atoms with van der Waals surface area (Å²) in [6.45, 7) is -1.33. The van der Waals surface area contributed by atoms with Crippen LogP contribution in [0.15, 0.2) is 48.5 Å². The molecule has 8 N–H and O–H groups in total. The molecule has 0 aliphatic carbocycles. The number of amides is 1. The molecule has 10 atom stereocenters. The average molecular weight is 552 g/mol. The maximum absolute atomic E-state index is 11.9. The molecule has 2 aromatic rings. The van der Waals surface area contributed by atoms with Gasteiger partial charge < -0.3 is 60.0 Å². The third-order valence-electron chi connectivity index (χ3n) is 6.75. The first-order valence-corrected chi connectivity index (χ1v) is 12.4. The Balaban J connectivity index is 1.55. The van der Waals surface area contributed by atoms with Crippen LogP contribution in [0, 0.1) is 0 Å². The highest BCUT2D eigenvalue weighted by atomic mass is 16.7. The lowest BCUT2D eigenvalue weighted by Gasteiger charge is -2.46. The molecule has 0 spiro atoms. The molecule has 0 saturated carbocycles. The number of ether oxygens (including phenoxy) is 4. The van der Waals surface area contributed by atoms with Crippen molar-refractivity contribution < 1.29 is 59.5 Å². The monoisotopic (exact) mass is 551 g/mol. The molecule has 13 heteroatoms. The molecular formula is C26H33NO12. The Morgan fingerprint density at radius 2 is 1.46 bits per heavy atom. The lowest BCUT2D eigenvalue weighted by molar-refractivity contribution is -0.342. The van der Waals surface area contributed by atoms with Crippen LogP contribution in [0.4, 0.5) is 0 Å². The topological polar surface area (TPSA) is 208 Å². The van der Waals surface area contributed by atoms with E-state index in [1.54, 1.807) is 48.5 Å². The van der Waals surface area contributed by atoms with Gasteiger partial charge in [0.25, 0.3) is 5.91 Å². The molecule has 0 aromatic heterocycles. The van der Waals surface area contributed by atoms with Crippen LogP contribution < -0.4 is 10.1 Å². The van der Waals surface area contributed by atoms with Crippen LogP contribution in [-0.4, -0.2) is 117 Å². The summed E-state index contributed by atoms with van der Waals surface area (Å²) in [5, 5.41) is 74.1. The summed E-state index contributed by atoms with van der Waals surface area (Å²) in [5.41, 5.74) is 0.792. The molecule has 214 valence electrons. The minimum atomic E-state index is -1.77. The zero-order chi connectivity index (χ0) is 28.3. The molecule has 2 aliphatic rings. The molecule has 2 saturated heterocycles. The zero-order valence-corrected chi connectivity index (χ0v) is 21.0. The Morgan fingerprint density at radius 3 is 2.13 bits per heavy atom. The van der Waals surface area contributed by atoms with E-state index in [1.165, 1.54) is 7.05 Å². The molecule has 39 heavy (non-hydrogen) atoms. The third kappa shape index (κ3) is 6.23. The summed E-state index contributed by atoms with van der Waals surface area (Å²) in [4.78, 5) is 11.9. The first-order chi connectivity index (χ1) is 18.7. The summed E-state index contributed by atoms with van der Waals surface area (Å²) < 4.78 is 22.7. The number of hydrogen-bond acceptors (Lipinski definition) is 12. The van der Waals surface area contributed by atoms with Gasteiger partial charge in [-0.2, -0.15) is 0 Å². The van der Waals surface area contributed by atoms with Crippen LogP contribution in [0.2, 0.25) is 0 Å². The molecule has 2 aromatic carbocycles. The maximum Gasteiger partial charge on any atom is 0.251 e. The van der Waals surface area contributed by atoms with Gasteiger partial charge in [-0.15, -0.1) is 0 Å². The molecule has 13 nitrogen and oxygen atoms in total. The van der Waals surface area contributed by atoms with Crippen LogP contribution >= 0.6 is 0 Å². The fourth-order valence-electron chi connectivity index (χ4n) is 4.59. The van der Waals surface area contributed by atoms with E-state index in [9.17, 15) is 40.5 Å². The fourth-order valence-corrected chi connectivity index (χ4v) is 4.59. The summed E-state index contributed by atoms with van der Waals surface area (Å²) in [6.07, 6.45) is -14.9. The minimum absolute atomic E-state index is 0.285. The zero-order valence-electron chi connectivity index (χ0n) is 21.0. The van der Waals surface area contributed by atoms with E-state index in [4.69, 9.17) is 18.9 Å². The average Bonchev–Trinajstić information content (AvgIpc) is 2.95. The van der Waals surface area contributed by atoms with Crippen molar-refractivity contribution in [3.05, 3.63) is 59.7 Å². The number of carbonyl (C=O) groups is 1. The normalized spacial score (nSPS) is 34.9. The Labute approximate surface area is 223 Å². The van der Waals surface area contributed by atoms with Crippen molar-refractivity contribution in [2.45, 2.75) is 61.2 Å². The molecule has 0 bridgehead atoms. The summed E-state index contributed by atoms with van der Waals surface area (Å²) in [6, 6.07) is 13.0. The highest BCUT2D eigenvalue weighted by Crippen LogP contribution is 2.37. The number of aliphatic hydroxyl groups is 7. The van der Waals surface area contributed by atoms with Crippen molar-refractivity contribution in [3.63, 3.8) is 0 Å². The van der Waals surface area contributed by atoms with E-state index in [2.05, 4.69) is 5.32 Å². The largest absolute Gasteiger partial charge is 0.457 e. The van der Waals surface area contributed by atoms with Crippen LogP contribution in [0.1, 0.15) is 22.0 Å². The van der Waals surface area contributed by atoms with Crippen LogP contribution in [0.5, 0.6) is 11.5 Å². The number of benzene rings is 2.